The minimum absolute atomic E-state index is 0.296. The Hall–Kier alpha value is -1.50. The van der Waals surface area contributed by atoms with Gasteiger partial charge in [-0.1, -0.05) is 13.8 Å². The Kier molecular flexibility index (Phi) is 3.37. The summed E-state index contributed by atoms with van der Waals surface area (Å²) in [7, 11) is 1.82. The second kappa shape index (κ2) is 4.79. The summed E-state index contributed by atoms with van der Waals surface area (Å²) in [4.78, 5) is 8.89. The van der Waals surface area contributed by atoms with Crippen LogP contribution in [-0.2, 0) is 0 Å². The van der Waals surface area contributed by atoms with Crippen LogP contribution in [0, 0.1) is 0 Å². The molecule has 0 aliphatic rings. The van der Waals surface area contributed by atoms with Crippen molar-refractivity contribution in [1.82, 2.24) is 25.4 Å². The van der Waals surface area contributed by atoms with Crippen LogP contribution in [-0.4, -0.2) is 32.4 Å². The monoisotopic (exact) mass is 296 g/mol. The van der Waals surface area contributed by atoms with Gasteiger partial charge in [-0.3, -0.25) is 0 Å². The normalized spacial score (nSPS) is 10.9. The second-order valence-corrected chi connectivity index (χ2v) is 4.65. The van der Waals surface area contributed by atoms with E-state index in [1.54, 1.807) is 6.20 Å². The number of hydrogen-bond acceptors (Lipinski definition) is 5. The van der Waals surface area contributed by atoms with Crippen molar-refractivity contribution in [3.05, 3.63) is 16.4 Å². The highest BCUT2D eigenvalue weighted by Crippen LogP contribution is 2.30. The predicted octanol–water partition coefficient (Wildman–Crippen LogP) is 2.19. The van der Waals surface area contributed by atoms with Gasteiger partial charge in [-0.2, -0.15) is 15.4 Å². The van der Waals surface area contributed by atoms with E-state index in [1.807, 2.05) is 7.05 Å². The van der Waals surface area contributed by atoms with Gasteiger partial charge < -0.3 is 5.32 Å². The summed E-state index contributed by atoms with van der Waals surface area (Å²) in [6.45, 7) is 4.16. The molecule has 17 heavy (non-hydrogen) atoms. The predicted molar refractivity (Wildman–Crippen MR) is 68.7 cm³/mol. The van der Waals surface area contributed by atoms with Crippen molar-refractivity contribution in [3.8, 4) is 11.5 Å². The van der Waals surface area contributed by atoms with Crippen molar-refractivity contribution in [3.63, 3.8) is 0 Å². The number of aromatic nitrogens is 5. The van der Waals surface area contributed by atoms with Gasteiger partial charge >= 0.3 is 0 Å². The van der Waals surface area contributed by atoms with Crippen LogP contribution < -0.4 is 5.32 Å². The number of anilines is 1. The third-order valence-electron chi connectivity index (χ3n) is 2.30. The molecule has 0 spiro atoms. The molecule has 0 amide bonds. The minimum atomic E-state index is 0.296. The van der Waals surface area contributed by atoms with Crippen molar-refractivity contribution in [2.75, 3.05) is 12.4 Å². The lowest BCUT2D eigenvalue weighted by Crippen LogP contribution is -2.04. The molecule has 2 aromatic heterocycles. The summed E-state index contributed by atoms with van der Waals surface area (Å²) in [6.07, 6.45) is 1.60. The summed E-state index contributed by atoms with van der Waals surface area (Å²) in [5, 5.41) is 13.3. The van der Waals surface area contributed by atoms with Gasteiger partial charge in [0.25, 0.3) is 0 Å². The van der Waals surface area contributed by atoms with Gasteiger partial charge in [0.15, 0.2) is 5.82 Å². The molecule has 2 aromatic rings. The molecule has 0 radical (unpaired) electrons. The average molecular weight is 297 g/mol. The van der Waals surface area contributed by atoms with Gasteiger partial charge in [0.1, 0.15) is 11.5 Å². The van der Waals surface area contributed by atoms with Crippen LogP contribution in [0.1, 0.15) is 25.5 Å². The number of nitrogens with one attached hydrogen (secondary N) is 2. The molecule has 2 rings (SSSR count). The largest absolute Gasteiger partial charge is 0.372 e. The van der Waals surface area contributed by atoms with Crippen molar-refractivity contribution in [1.29, 1.82) is 0 Å². The van der Waals surface area contributed by atoms with Crippen molar-refractivity contribution >= 4 is 21.7 Å². The van der Waals surface area contributed by atoms with E-state index in [2.05, 4.69) is 60.5 Å². The number of halogens is 1. The smallest absolute Gasteiger partial charge is 0.184 e. The van der Waals surface area contributed by atoms with Gasteiger partial charge in [-0.15, -0.1) is 0 Å². The molecular weight excluding hydrogens is 284 g/mol. The molecule has 0 aliphatic heterocycles. The van der Waals surface area contributed by atoms with E-state index in [4.69, 9.17) is 0 Å². The van der Waals surface area contributed by atoms with Gasteiger partial charge in [0, 0.05) is 7.05 Å². The van der Waals surface area contributed by atoms with Gasteiger partial charge in [-0.05, 0) is 21.8 Å². The fourth-order valence-electron chi connectivity index (χ4n) is 1.44. The standard InChI is InChI=1S/C10H13BrN6/c1-5(2)8-7(11)10(12-3)15-9(14-8)6-4-13-17-16-6/h4-5H,1-3H3,(H,12,14,15)(H,13,16,17). The van der Waals surface area contributed by atoms with E-state index >= 15 is 0 Å². The van der Waals surface area contributed by atoms with Crippen LogP contribution in [0.5, 0.6) is 0 Å². The zero-order chi connectivity index (χ0) is 12.4. The molecule has 0 aliphatic carbocycles. The van der Waals surface area contributed by atoms with Gasteiger partial charge in [-0.25, -0.2) is 9.97 Å². The van der Waals surface area contributed by atoms with E-state index in [9.17, 15) is 0 Å². The first-order valence-corrected chi connectivity index (χ1v) is 6.04. The van der Waals surface area contributed by atoms with Crippen LogP contribution in [0.2, 0.25) is 0 Å². The Morgan fingerprint density at radius 2 is 2.12 bits per heavy atom. The summed E-state index contributed by atoms with van der Waals surface area (Å²) in [5.41, 5.74) is 1.58. The number of nitrogens with zero attached hydrogens (tertiary/aromatic N) is 4. The molecule has 7 heteroatoms. The van der Waals surface area contributed by atoms with Crippen LogP contribution in [0.15, 0.2) is 10.7 Å². The lowest BCUT2D eigenvalue weighted by Gasteiger charge is -2.12. The highest BCUT2D eigenvalue weighted by atomic mass is 79.9. The molecule has 90 valence electrons. The van der Waals surface area contributed by atoms with E-state index in [-0.39, 0.29) is 0 Å². The molecule has 0 aromatic carbocycles. The molecule has 0 saturated carbocycles. The first-order chi connectivity index (χ1) is 8.13. The maximum absolute atomic E-state index is 4.50. The quantitative estimate of drug-likeness (QED) is 0.908. The zero-order valence-corrected chi connectivity index (χ0v) is 11.4. The molecule has 2 N–H and O–H groups in total. The summed E-state index contributed by atoms with van der Waals surface area (Å²) in [6, 6.07) is 0. The maximum Gasteiger partial charge on any atom is 0.184 e. The Labute approximate surface area is 107 Å². The number of H-pyrrole nitrogens is 1. The van der Waals surface area contributed by atoms with Crippen molar-refractivity contribution < 1.29 is 0 Å². The lowest BCUT2D eigenvalue weighted by molar-refractivity contribution is 0.808. The fraction of sp³-hybridized carbons (Fsp3) is 0.400. The zero-order valence-electron chi connectivity index (χ0n) is 9.82. The minimum Gasteiger partial charge on any atom is -0.372 e. The maximum atomic E-state index is 4.50. The van der Waals surface area contributed by atoms with Crippen LogP contribution in [0.4, 0.5) is 5.82 Å². The Balaban J connectivity index is 2.59. The molecule has 0 unspecified atom stereocenters. The first-order valence-electron chi connectivity index (χ1n) is 5.24. The number of hydrogen-bond donors (Lipinski definition) is 2. The first kappa shape index (κ1) is 12.0. The molecular formula is C10H13BrN6. The molecule has 0 bridgehead atoms. The summed E-state index contributed by atoms with van der Waals surface area (Å²) >= 11 is 3.51. The summed E-state index contributed by atoms with van der Waals surface area (Å²) < 4.78 is 0.891. The topological polar surface area (TPSA) is 79.4 Å². The third kappa shape index (κ3) is 2.28. The fourth-order valence-corrected chi connectivity index (χ4v) is 2.27. The lowest BCUT2D eigenvalue weighted by atomic mass is 10.1. The molecule has 0 saturated heterocycles. The third-order valence-corrected chi connectivity index (χ3v) is 3.09. The van der Waals surface area contributed by atoms with E-state index in [1.165, 1.54) is 0 Å². The van der Waals surface area contributed by atoms with E-state index in [0.29, 0.717) is 17.4 Å². The van der Waals surface area contributed by atoms with E-state index < -0.39 is 0 Å². The van der Waals surface area contributed by atoms with Crippen LogP contribution in [0.3, 0.4) is 0 Å². The SMILES string of the molecule is CNc1nc(-c2cn[nH]n2)nc(C(C)C)c1Br. The molecule has 0 fully saturated rings. The van der Waals surface area contributed by atoms with Crippen LogP contribution >= 0.6 is 15.9 Å². The van der Waals surface area contributed by atoms with Crippen LogP contribution in [0.25, 0.3) is 11.5 Å². The average Bonchev–Trinajstić information content (AvgIpc) is 2.82. The van der Waals surface area contributed by atoms with E-state index in [0.717, 1.165) is 16.0 Å². The molecule has 0 atom stereocenters. The summed E-state index contributed by atoms with van der Waals surface area (Å²) in [5.74, 6) is 1.61. The van der Waals surface area contributed by atoms with Crippen molar-refractivity contribution in [2.24, 2.45) is 0 Å². The van der Waals surface area contributed by atoms with Crippen molar-refractivity contribution in [2.45, 2.75) is 19.8 Å². The van der Waals surface area contributed by atoms with Gasteiger partial charge in [0.2, 0.25) is 0 Å². The Bertz CT molecular complexity index is 508. The Morgan fingerprint density at radius 1 is 1.35 bits per heavy atom. The highest BCUT2D eigenvalue weighted by Gasteiger charge is 2.16. The second-order valence-electron chi connectivity index (χ2n) is 3.85. The van der Waals surface area contributed by atoms with Gasteiger partial charge in [0.05, 0.1) is 16.4 Å². The number of aromatic amines is 1. The Morgan fingerprint density at radius 3 is 2.65 bits per heavy atom. The highest BCUT2D eigenvalue weighted by molar-refractivity contribution is 9.10. The molecule has 2 heterocycles. The molecule has 6 nitrogen and oxygen atoms in total. The number of rotatable bonds is 3.